The molecule has 0 amide bonds. The standard InChI is InChI=1S/C11H17NO3/c1-2-15-8(13)11(12-14)7-10(11)6-9(10)4-3-5-9/h12,14H,2-7H2,1H3. The van der Waals surface area contributed by atoms with Gasteiger partial charge in [-0.2, -0.15) is 5.48 Å². The topological polar surface area (TPSA) is 58.6 Å². The van der Waals surface area contributed by atoms with E-state index in [-0.39, 0.29) is 11.4 Å². The number of nitrogens with one attached hydrogen (secondary N) is 1. The highest BCUT2D eigenvalue weighted by molar-refractivity contribution is 5.88. The molecule has 0 aliphatic heterocycles. The van der Waals surface area contributed by atoms with Gasteiger partial charge in [0, 0.05) is 5.41 Å². The Bertz CT molecular complexity index is 326. The van der Waals surface area contributed by atoms with Crippen molar-refractivity contribution in [3.05, 3.63) is 0 Å². The third-order valence-electron chi connectivity index (χ3n) is 4.91. The van der Waals surface area contributed by atoms with Gasteiger partial charge >= 0.3 is 5.97 Å². The number of ether oxygens (including phenoxy) is 1. The second-order valence-corrected chi connectivity index (χ2v) is 5.31. The molecule has 3 fully saturated rings. The fourth-order valence-electron chi connectivity index (χ4n) is 3.77. The minimum absolute atomic E-state index is 0.0409. The van der Waals surface area contributed by atoms with Gasteiger partial charge in [0.05, 0.1) is 6.61 Å². The van der Waals surface area contributed by atoms with E-state index in [0.29, 0.717) is 12.0 Å². The lowest BCUT2D eigenvalue weighted by molar-refractivity contribution is -0.151. The van der Waals surface area contributed by atoms with Crippen LogP contribution in [0.2, 0.25) is 0 Å². The molecule has 2 N–H and O–H groups in total. The quantitative estimate of drug-likeness (QED) is 0.544. The van der Waals surface area contributed by atoms with Crippen LogP contribution in [0.1, 0.15) is 39.0 Å². The van der Waals surface area contributed by atoms with Gasteiger partial charge < -0.3 is 9.94 Å². The predicted molar refractivity (Wildman–Crippen MR) is 52.2 cm³/mol. The molecule has 4 nitrogen and oxygen atoms in total. The van der Waals surface area contributed by atoms with E-state index in [1.807, 2.05) is 0 Å². The summed E-state index contributed by atoms with van der Waals surface area (Å²) >= 11 is 0. The first-order valence-electron chi connectivity index (χ1n) is 5.75. The lowest BCUT2D eigenvalue weighted by atomic mass is 9.78. The average Bonchev–Trinajstić information content (AvgIpc) is 3.02. The summed E-state index contributed by atoms with van der Waals surface area (Å²) in [4.78, 5) is 11.8. The molecule has 0 heterocycles. The summed E-state index contributed by atoms with van der Waals surface area (Å²) < 4.78 is 5.04. The molecule has 2 spiro atoms. The van der Waals surface area contributed by atoms with Gasteiger partial charge in [0.25, 0.3) is 0 Å². The van der Waals surface area contributed by atoms with E-state index in [4.69, 9.17) is 4.74 Å². The first-order chi connectivity index (χ1) is 7.16. The summed E-state index contributed by atoms with van der Waals surface area (Å²) in [6.07, 6.45) is 5.56. The van der Waals surface area contributed by atoms with E-state index in [9.17, 15) is 10.0 Å². The summed E-state index contributed by atoms with van der Waals surface area (Å²) in [5.74, 6) is -0.267. The Morgan fingerprint density at radius 2 is 2.20 bits per heavy atom. The highest BCUT2D eigenvalue weighted by Gasteiger charge is 2.91. The Morgan fingerprint density at radius 1 is 1.47 bits per heavy atom. The zero-order valence-corrected chi connectivity index (χ0v) is 9.01. The van der Waals surface area contributed by atoms with Crippen molar-refractivity contribution in [2.75, 3.05) is 6.61 Å². The third-order valence-corrected chi connectivity index (χ3v) is 4.91. The van der Waals surface area contributed by atoms with Crippen molar-refractivity contribution >= 4 is 5.97 Å². The number of hydrogen-bond donors (Lipinski definition) is 2. The Morgan fingerprint density at radius 3 is 2.60 bits per heavy atom. The van der Waals surface area contributed by atoms with E-state index in [1.54, 1.807) is 6.92 Å². The predicted octanol–water partition coefficient (Wildman–Crippen LogP) is 1.23. The van der Waals surface area contributed by atoms with Gasteiger partial charge in [-0.1, -0.05) is 6.42 Å². The molecule has 0 saturated heterocycles. The number of hydrogen-bond acceptors (Lipinski definition) is 4. The van der Waals surface area contributed by atoms with Crippen LogP contribution in [0.5, 0.6) is 0 Å². The number of hydroxylamine groups is 1. The van der Waals surface area contributed by atoms with Crippen LogP contribution in [0.3, 0.4) is 0 Å². The summed E-state index contributed by atoms with van der Waals surface area (Å²) in [7, 11) is 0. The monoisotopic (exact) mass is 211 g/mol. The van der Waals surface area contributed by atoms with Gasteiger partial charge in [-0.15, -0.1) is 0 Å². The van der Waals surface area contributed by atoms with Crippen molar-refractivity contribution in [1.82, 2.24) is 5.48 Å². The molecule has 3 rings (SSSR count). The molecule has 4 heteroatoms. The van der Waals surface area contributed by atoms with Gasteiger partial charge in [0.15, 0.2) is 0 Å². The van der Waals surface area contributed by atoms with Crippen molar-refractivity contribution in [2.45, 2.75) is 44.6 Å². The lowest BCUT2D eigenvalue weighted by Gasteiger charge is -2.28. The van der Waals surface area contributed by atoms with Crippen LogP contribution < -0.4 is 5.48 Å². The normalized spacial score (nSPS) is 43.9. The van der Waals surface area contributed by atoms with Crippen LogP contribution in [0.15, 0.2) is 0 Å². The molecule has 0 radical (unpaired) electrons. The highest BCUT2D eigenvalue weighted by Crippen LogP contribution is 2.88. The van der Waals surface area contributed by atoms with E-state index >= 15 is 0 Å². The number of carbonyl (C=O) groups excluding carboxylic acids is 1. The fourth-order valence-corrected chi connectivity index (χ4v) is 3.77. The van der Waals surface area contributed by atoms with Crippen LogP contribution in [-0.4, -0.2) is 23.3 Å². The van der Waals surface area contributed by atoms with Gasteiger partial charge in [0.1, 0.15) is 5.54 Å². The van der Waals surface area contributed by atoms with Crippen LogP contribution in [-0.2, 0) is 9.53 Å². The molecule has 0 aromatic carbocycles. The lowest BCUT2D eigenvalue weighted by Crippen LogP contribution is -2.42. The van der Waals surface area contributed by atoms with Crippen LogP contribution in [0.25, 0.3) is 0 Å². The maximum atomic E-state index is 11.8. The number of fused-ring (bicyclic) bond motifs is 1. The first kappa shape index (κ1) is 9.60. The molecular weight excluding hydrogens is 194 g/mol. The molecule has 3 aliphatic carbocycles. The van der Waals surface area contributed by atoms with Crippen molar-refractivity contribution < 1.29 is 14.7 Å². The summed E-state index contributed by atoms with van der Waals surface area (Å²) in [6.45, 7) is 2.18. The molecular formula is C11H17NO3. The second-order valence-electron chi connectivity index (χ2n) is 5.31. The molecule has 2 atom stereocenters. The van der Waals surface area contributed by atoms with E-state index in [1.165, 1.54) is 19.3 Å². The van der Waals surface area contributed by atoms with Crippen LogP contribution >= 0.6 is 0 Å². The maximum Gasteiger partial charge on any atom is 0.329 e. The van der Waals surface area contributed by atoms with E-state index in [2.05, 4.69) is 5.48 Å². The molecule has 15 heavy (non-hydrogen) atoms. The summed E-state index contributed by atoms with van der Waals surface area (Å²) in [5, 5.41) is 9.23. The largest absolute Gasteiger partial charge is 0.465 e. The molecule has 2 unspecified atom stereocenters. The minimum atomic E-state index is -0.760. The molecule has 3 saturated carbocycles. The number of esters is 1. The molecule has 0 bridgehead atoms. The van der Waals surface area contributed by atoms with Gasteiger partial charge in [-0.05, 0) is 38.0 Å². The zero-order chi connectivity index (χ0) is 10.7. The van der Waals surface area contributed by atoms with E-state index < -0.39 is 5.54 Å². The highest BCUT2D eigenvalue weighted by atomic mass is 16.5. The minimum Gasteiger partial charge on any atom is -0.465 e. The van der Waals surface area contributed by atoms with Crippen molar-refractivity contribution in [2.24, 2.45) is 10.8 Å². The van der Waals surface area contributed by atoms with Gasteiger partial charge in [0.2, 0.25) is 0 Å². The third kappa shape index (κ3) is 0.843. The maximum absolute atomic E-state index is 11.8. The fraction of sp³-hybridized carbons (Fsp3) is 0.909. The average molecular weight is 211 g/mol. The SMILES string of the molecule is CCOC(=O)C1(NO)CC12CC21CCC1. The number of rotatable bonds is 3. The van der Waals surface area contributed by atoms with Crippen molar-refractivity contribution in [3.8, 4) is 0 Å². The Balaban J connectivity index is 1.78. The Labute approximate surface area is 88.9 Å². The van der Waals surface area contributed by atoms with E-state index in [0.717, 1.165) is 12.8 Å². The van der Waals surface area contributed by atoms with Gasteiger partial charge in [-0.3, -0.25) is 0 Å². The van der Waals surface area contributed by atoms with Crippen molar-refractivity contribution in [3.63, 3.8) is 0 Å². The summed E-state index contributed by atoms with van der Waals surface area (Å²) in [6, 6.07) is 0. The van der Waals surface area contributed by atoms with Crippen LogP contribution in [0, 0.1) is 10.8 Å². The molecule has 0 aromatic heterocycles. The van der Waals surface area contributed by atoms with Crippen LogP contribution in [0.4, 0.5) is 0 Å². The Kier molecular flexibility index (Phi) is 1.63. The summed E-state index contributed by atoms with van der Waals surface area (Å²) in [5.41, 5.74) is 1.89. The number of carbonyl (C=O) groups is 1. The molecule has 3 aliphatic rings. The van der Waals surface area contributed by atoms with Gasteiger partial charge in [-0.25, -0.2) is 4.79 Å². The Hall–Kier alpha value is -0.610. The first-order valence-corrected chi connectivity index (χ1v) is 5.75. The second kappa shape index (κ2) is 2.55. The molecule has 0 aromatic rings. The molecule has 84 valence electrons. The smallest absolute Gasteiger partial charge is 0.329 e. The zero-order valence-electron chi connectivity index (χ0n) is 9.01. The van der Waals surface area contributed by atoms with Crippen molar-refractivity contribution in [1.29, 1.82) is 0 Å².